The first-order chi connectivity index (χ1) is 8.17. The molecule has 4 heteroatoms. The Hall–Kier alpha value is -0.870. The molecule has 17 heavy (non-hydrogen) atoms. The standard InChI is InChI=1S/C13H17NO2S/c15-17(16)7-6-14-9-13(17)12-5-4-10-2-1-3-11(10)8-12/h4-5,8,13-14H,1-3,6-7,9H2. The number of nitrogens with one attached hydrogen (secondary N) is 1. The average Bonchev–Trinajstić information content (AvgIpc) is 2.75. The van der Waals surface area contributed by atoms with Gasteiger partial charge in [-0.25, -0.2) is 8.42 Å². The number of sulfone groups is 1. The van der Waals surface area contributed by atoms with Crippen LogP contribution in [0.4, 0.5) is 0 Å². The molecular formula is C13H17NO2S. The predicted molar refractivity (Wildman–Crippen MR) is 67.9 cm³/mol. The van der Waals surface area contributed by atoms with E-state index in [1.165, 1.54) is 17.5 Å². The van der Waals surface area contributed by atoms with Crippen molar-refractivity contribution in [3.8, 4) is 0 Å². The Bertz CT molecular complexity index is 536. The summed E-state index contributed by atoms with van der Waals surface area (Å²) in [5.74, 6) is 0.259. The molecule has 1 fully saturated rings. The summed E-state index contributed by atoms with van der Waals surface area (Å²) in [4.78, 5) is 0. The van der Waals surface area contributed by atoms with E-state index in [1.807, 2.05) is 6.07 Å². The van der Waals surface area contributed by atoms with Gasteiger partial charge in [0.25, 0.3) is 0 Å². The van der Waals surface area contributed by atoms with Crippen molar-refractivity contribution in [1.82, 2.24) is 5.32 Å². The molecule has 1 saturated heterocycles. The highest BCUT2D eigenvalue weighted by Gasteiger charge is 2.30. The summed E-state index contributed by atoms with van der Waals surface area (Å²) in [5, 5.41) is 2.83. The molecule has 1 atom stereocenters. The molecule has 0 amide bonds. The van der Waals surface area contributed by atoms with Crippen molar-refractivity contribution >= 4 is 9.84 Å². The van der Waals surface area contributed by atoms with Gasteiger partial charge in [-0.1, -0.05) is 18.2 Å². The number of hydrogen-bond acceptors (Lipinski definition) is 3. The highest BCUT2D eigenvalue weighted by molar-refractivity contribution is 7.91. The van der Waals surface area contributed by atoms with Gasteiger partial charge in [-0.15, -0.1) is 0 Å². The average molecular weight is 251 g/mol. The van der Waals surface area contributed by atoms with Crippen molar-refractivity contribution in [2.75, 3.05) is 18.8 Å². The van der Waals surface area contributed by atoms with E-state index in [-0.39, 0.29) is 11.0 Å². The molecule has 0 bridgehead atoms. The predicted octanol–water partition coefficient (Wildman–Crippen LogP) is 1.23. The monoisotopic (exact) mass is 251 g/mol. The molecule has 2 aliphatic rings. The van der Waals surface area contributed by atoms with Crippen LogP contribution in [-0.2, 0) is 22.7 Å². The molecule has 0 aromatic heterocycles. The van der Waals surface area contributed by atoms with Crippen molar-refractivity contribution in [2.45, 2.75) is 24.5 Å². The quantitative estimate of drug-likeness (QED) is 0.816. The Morgan fingerprint density at radius 3 is 2.82 bits per heavy atom. The Kier molecular flexibility index (Phi) is 2.71. The molecule has 3 rings (SSSR count). The van der Waals surface area contributed by atoms with E-state index in [1.54, 1.807) is 0 Å². The zero-order valence-electron chi connectivity index (χ0n) is 9.78. The van der Waals surface area contributed by atoms with Gasteiger partial charge in [-0.2, -0.15) is 0 Å². The van der Waals surface area contributed by atoms with E-state index in [0.29, 0.717) is 13.1 Å². The normalized spacial score (nSPS) is 26.7. The maximum atomic E-state index is 12.0. The van der Waals surface area contributed by atoms with Crippen LogP contribution < -0.4 is 5.32 Å². The second-order valence-corrected chi connectivity index (χ2v) is 7.24. The van der Waals surface area contributed by atoms with Crippen LogP contribution in [0.15, 0.2) is 18.2 Å². The Labute approximate surface area is 102 Å². The van der Waals surface area contributed by atoms with Crippen LogP contribution in [0.1, 0.15) is 28.4 Å². The van der Waals surface area contributed by atoms with Gasteiger partial charge >= 0.3 is 0 Å². The fourth-order valence-electron chi connectivity index (χ4n) is 2.83. The first-order valence-corrected chi connectivity index (χ1v) is 7.92. The second-order valence-electron chi connectivity index (χ2n) is 4.94. The molecular weight excluding hydrogens is 234 g/mol. The van der Waals surface area contributed by atoms with Gasteiger partial charge in [-0.05, 0) is 36.0 Å². The highest BCUT2D eigenvalue weighted by Crippen LogP contribution is 2.29. The largest absolute Gasteiger partial charge is 0.314 e. The summed E-state index contributed by atoms with van der Waals surface area (Å²) in [6, 6.07) is 6.22. The van der Waals surface area contributed by atoms with Crippen LogP contribution in [-0.4, -0.2) is 27.3 Å². The number of hydrogen-bond donors (Lipinski definition) is 1. The third-order valence-electron chi connectivity index (χ3n) is 3.82. The van der Waals surface area contributed by atoms with E-state index < -0.39 is 9.84 Å². The molecule has 1 aromatic carbocycles. The van der Waals surface area contributed by atoms with E-state index in [0.717, 1.165) is 18.4 Å². The summed E-state index contributed by atoms with van der Waals surface area (Å²) in [6.45, 7) is 1.14. The van der Waals surface area contributed by atoms with Gasteiger partial charge in [0.1, 0.15) is 0 Å². The van der Waals surface area contributed by atoms with Gasteiger partial charge in [0.05, 0.1) is 11.0 Å². The van der Waals surface area contributed by atoms with Crippen LogP contribution in [0, 0.1) is 0 Å². The fraction of sp³-hybridized carbons (Fsp3) is 0.538. The third-order valence-corrected chi connectivity index (χ3v) is 5.90. The van der Waals surface area contributed by atoms with Crippen LogP contribution in [0.25, 0.3) is 0 Å². The second kappa shape index (κ2) is 4.10. The van der Waals surface area contributed by atoms with Gasteiger partial charge in [0, 0.05) is 13.1 Å². The van der Waals surface area contributed by atoms with Gasteiger partial charge < -0.3 is 5.32 Å². The third kappa shape index (κ3) is 2.00. The maximum absolute atomic E-state index is 12.0. The molecule has 1 unspecified atom stereocenters. The lowest BCUT2D eigenvalue weighted by Gasteiger charge is -2.24. The molecule has 3 nitrogen and oxygen atoms in total. The van der Waals surface area contributed by atoms with Crippen molar-refractivity contribution in [3.05, 3.63) is 34.9 Å². The summed E-state index contributed by atoms with van der Waals surface area (Å²) in [5.41, 5.74) is 3.72. The van der Waals surface area contributed by atoms with E-state index in [2.05, 4.69) is 17.4 Å². The van der Waals surface area contributed by atoms with E-state index in [9.17, 15) is 8.42 Å². The molecule has 92 valence electrons. The molecule has 1 N–H and O–H groups in total. The summed E-state index contributed by atoms with van der Waals surface area (Å²) < 4.78 is 24.1. The molecule has 1 aliphatic carbocycles. The number of rotatable bonds is 1. The van der Waals surface area contributed by atoms with E-state index in [4.69, 9.17) is 0 Å². The minimum atomic E-state index is -2.96. The molecule has 1 aromatic rings. The Balaban J connectivity index is 1.98. The zero-order valence-corrected chi connectivity index (χ0v) is 10.6. The topological polar surface area (TPSA) is 46.2 Å². The maximum Gasteiger partial charge on any atom is 0.159 e. The number of fused-ring (bicyclic) bond motifs is 1. The smallest absolute Gasteiger partial charge is 0.159 e. The summed E-state index contributed by atoms with van der Waals surface area (Å²) in [7, 11) is -2.96. The Morgan fingerprint density at radius 1 is 1.18 bits per heavy atom. The highest BCUT2D eigenvalue weighted by atomic mass is 32.2. The molecule has 0 spiro atoms. The minimum absolute atomic E-state index is 0.259. The lowest BCUT2D eigenvalue weighted by molar-refractivity contribution is 0.551. The van der Waals surface area contributed by atoms with Crippen LogP contribution in [0.2, 0.25) is 0 Å². The number of benzene rings is 1. The Morgan fingerprint density at radius 2 is 2.00 bits per heavy atom. The fourth-order valence-corrected chi connectivity index (χ4v) is 4.48. The first kappa shape index (κ1) is 11.2. The zero-order chi connectivity index (χ0) is 11.9. The lowest BCUT2D eigenvalue weighted by Crippen LogP contribution is -2.38. The van der Waals surface area contributed by atoms with Crippen LogP contribution in [0.5, 0.6) is 0 Å². The van der Waals surface area contributed by atoms with Crippen molar-refractivity contribution < 1.29 is 8.42 Å². The molecule has 1 aliphatic heterocycles. The molecule has 0 radical (unpaired) electrons. The first-order valence-electron chi connectivity index (χ1n) is 6.21. The number of aryl methyl sites for hydroxylation is 2. The van der Waals surface area contributed by atoms with Gasteiger partial charge in [-0.3, -0.25) is 0 Å². The van der Waals surface area contributed by atoms with Crippen molar-refractivity contribution in [3.63, 3.8) is 0 Å². The summed E-state index contributed by atoms with van der Waals surface area (Å²) >= 11 is 0. The van der Waals surface area contributed by atoms with Gasteiger partial charge in [0.15, 0.2) is 9.84 Å². The lowest BCUT2D eigenvalue weighted by atomic mass is 10.0. The van der Waals surface area contributed by atoms with E-state index >= 15 is 0 Å². The molecule has 0 saturated carbocycles. The SMILES string of the molecule is O=S1(=O)CCNCC1c1ccc2c(c1)CCC2. The van der Waals surface area contributed by atoms with Crippen molar-refractivity contribution in [1.29, 1.82) is 0 Å². The molecule has 1 heterocycles. The minimum Gasteiger partial charge on any atom is -0.314 e. The van der Waals surface area contributed by atoms with Gasteiger partial charge in [0.2, 0.25) is 0 Å². The summed E-state index contributed by atoms with van der Waals surface area (Å²) in [6.07, 6.45) is 3.45. The van der Waals surface area contributed by atoms with Crippen LogP contribution in [0.3, 0.4) is 0 Å². The van der Waals surface area contributed by atoms with Crippen molar-refractivity contribution in [2.24, 2.45) is 0 Å². The van der Waals surface area contributed by atoms with Crippen LogP contribution >= 0.6 is 0 Å².